The lowest BCUT2D eigenvalue weighted by molar-refractivity contribution is 0.734. The zero-order chi connectivity index (χ0) is 12.3. The fourth-order valence-corrected chi connectivity index (χ4v) is 2.56. The number of hydrogen-bond donors (Lipinski definition) is 1. The first-order chi connectivity index (χ1) is 8.20. The monoisotopic (exact) mass is 266 g/mol. The van der Waals surface area contributed by atoms with Crippen molar-refractivity contribution >= 4 is 22.9 Å². The number of rotatable bonds is 4. The van der Waals surface area contributed by atoms with Crippen molar-refractivity contribution in [2.45, 2.75) is 20.4 Å². The number of halogens is 1. The average Bonchev–Trinajstić information content (AvgIpc) is 2.79. The molecular formula is C13H15ClN2S. The molecule has 17 heavy (non-hydrogen) atoms. The van der Waals surface area contributed by atoms with Crippen LogP contribution in [0, 0.1) is 6.92 Å². The Morgan fingerprint density at radius 1 is 1.41 bits per heavy atom. The van der Waals surface area contributed by atoms with E-state index in [1.54, 1.807) is 11.3 Å². The number of thiazole rings is 1. The summed E-state index contributed by atoms with van der Waals surface area (Å²) >= 11 is 7.83. The molecule has 0 atom stereocenters. The van der Waals surface area contributed by atoms with Gasteiger partial charge in [-0.2, -0.15) is 0 Å². The quantitative estimate of drug-likeness (QED) is 0.908. The van der Waals surface area contributed by atoms with Gasteiger partial charge in [0.05, 0.1) is 0 Å². The minimum atomic E-state index is 0.797. The van der Waals surface area contributed by atoms with Crippen LogP contribution < -0.4 is 5.32 Å². The maximum Gasteiger partial charge on any atom is 0.123 e. The standard InChI is InChI=1S/C13H15ClN2S/c1-3-15-7-11-8-16-13(17-11)10-5-4-9(2)12(14)6-10/h4-6,8,15H,3,7H2,1-2H3. The molecule has 1 N–H and O–H groups in total. The molecule has 0 unspecified atom stereocenters. The Kier molecular flexibility index (Phi) is 4.15. The van der Waals surface area contributed by atoms with Gasteiger partial charge in [0, 0.05) is 28.2 Å². The van der Waals surface area contributed by atoms with E-state index in [1.807, 2.05) is 25.3 Å². The predicted octanol–water partition coefficient (Wildman–Crippen LogP) is 3.88. The van der Waals surface area contributed by atoms with E-state index >= 15 is 0 Å². The molecule has 0 saturated heterocycles. The highest BCUT2D eigenvalue weighted by molar-refractivity contribution is 7.15. The van der Waals surface area contributed by atoms with E-state index in [2.05, 4.69) is 23.3 Å². The van der Waals surface area contributed by atoms with Crippen molar-refractivity contribution in [1.29, 1.82) is 0 Å². The predicted molar refractivity (Wildman–Crippen MR) is 74.7 cm³/mol. The van der Waals surface area contributed by atoms with Crippen molar-refractivity contribution in [2.75, 3.05) is 6.54 Å². The topological polar surface area (TPSA) is 24.9 Å². The molecule has 0 amide bonds. The number of nitrogens with one attached hydrogen (secondary N) is 1. The summed E-state index contributed by atoms with van der Waals surface area (Å²) in [7, 11) is 0. The Labute approximate surface area is 111 Å². The van der Waals surface area contributed by atoms with E-state index in [0.29, 0.717) is 0 Å². The van der Waals surface area contributed by atoms with Crippen LogP contribution >= 0.6 is 22.9 Å². The molecule has 2 aromatic rings. The number of hydrogen-bond acceptors (Lipinski definition) is 3. The SMILES string of the molecule is CCNCc1cnc(-c2ccc(C)c(Cl)c2)s1. The second-order valence-electron chi connectivity index (χ2n) is 3.88. The zero-order valence-corrected chi connectivity index (χ0v) is 11.5. The summed E-state index contributed by atoms with van der Waals surface area (Å²) in [5, 5.41) is 5.12. The number of nitrogens with zero attached hydrogens (tertiary/aromatic N) is 1. The van der Waals surface area contributed by atoms with Gasteiger partial charge in [0.15, 0.2) is 0 Å². The molecule has 0 spiro atoms. The van der Waals surface area contributed by atoms with Gasteiger partial charge in [0.2, 0.25) is 0 Å². The minimum absolute atomic E-state index is 0.797. The summed E-state index contributed by atoms with van der Waals surface area (Å²) in [6.45, 7) is 5.96. The van der Waals surface area contributed by atoms with E-state index in [1.165, 1.54) is 4.88 Å². The summed E-state index contributed by atoms with van der Waals surface area (Å²) in [5.74, 6) is 0. The lowest BCUT2D eigenvalue weighted by atomic mass is 10.1. The second kappa shape index (κ2) is 5.63. The minimum Gasteiger partial charge on any atom is -0.312 e. The Hall–Kier alpha value is -0.900. The van der Waals surface area contributed by atoms with Crippen LogP contribution in [0.25, 0.3) is 10.6 Å². The molecule has 0 aliphatic heterocycles. The van der Waals surface area contributed by atoms with Crippen molar-refractivity contribution in [3.05, 3.63) is 39.9 Å². The van der Waals surface area contributed by atoms with E-state index in [-0.39, 0.29) is 0 Å². The molecule has 0 saturated carbocycles. The van der Waals surface area contributed by atoms with Crippen LogP contribution in [0.15, 0.2) is 24.4 Å². The molecule has 0 fully saturated rings. The van der Waals surface area contributed by atoms with Crippen molar-refractivity contribution in [1.82, 2.24) is 10.3 Å². The molecule has 90 valence electrons. The van der Waals surface area contributed by atoms with Gasteiger partial charge in [-0.25, -0.2) is 4.98 Å². The van der Waals surface area contributed by atoms with E-state index < -0.39 is 0 Å². The molecule has 0 aliphatic rings. The Morgan fingerprint density at radius 2 is 2.24 bits per heavy atom. The summed E-state index contributed by atoms with van der Waals surface area (Å²) in [6, 6.07) is 6.08. The molecule has 0 aliphatic carbocycles. The molecule has 0 radical (unpaired) electrons. The third kappa shape index (κ3) is 3.06. The van der Waals surface area contributed by atoms with E-state index in [9.17, 15) is 0 Å². The first-order valence-electron chi connectivity index (χ1n) is 5.62. The lowest BCUT2D eigenvalue weighted by Gasteiger charge is -2.00. The zero-order valence-electron chi connectivity index (χ0n) is 9.96. The van der Waals surface area contributed by atoms with E-state index in [4.69, 9.17) is 11.6 Å². The molecule has 2 rings (SSSR count). The van der Waals surface area contributed by atoms with Gasteiger partial charge >= 0.3 is 0 Å². The normalized spacial score (nSPS) is 10.8. The van der Waals surface area contributed by atoms with Crippen LogP contribution in [0.3, 0.4) is 0 Å². The van der Waals surface area contributed by atoms with Crippen molar-refractivity contribution < 1.29 is 0 Å². The van der Waals surface area contributed by atoms with Gasteiger partial charge in [-0.1, -0.05) is 30.7 Å². The van der Waals surface area contributed by atoms with Gasteiger partial charge < -0.3 is 5.32 Å². The van der Waals surface area contributed by atoms with Crippen molar-refractivity contribution in [2.24, 2.45) is 0 Å². The Morgan fingerprint density at radius 3 is 2.94 bits per heavy atom. The summed E-state index contributed by atoms with van der Waals surface area (Å²) in [5.41, 5.74) is 2.19. The Balaban J connectivity index is 2.21. The van der Waals surface area contributed by atoms with Crippen LogP contribution in [-0.2, 0) is 6.54 Å². The van der Waals surface area contributed by atoms with Crippen LogP contribution in [0.4, 0.5) is 0 Å². The van der Waals surface area contributed by atoms with Crippen LogP contribution in [-0.4, -0.2) is 11.5 Å². The average molecular weight is 267 g/mol. The first-order valence-corrected chi connectivity index (χ1v) is 6.82. The highest BCUT2D eigenvalue weighted by atomic mass is 35.5. The number of benzene rings is 1. The highest BCUT2D eigenvalue weighted by Crippen LogP contribution is 2.28. The number of aryl methyl sites for hydroxylation is 1. The lowest BCUT2D eigenvalue weighted by Crippen LogP contribution is -2.10. The largest absolute Gasteiger partial charge is 0.312 e. The van der Waals surface area contributed by atoms with Gasteiger partial charge in [-0.15, -0.1) is 11.3 Å². The molecule has 1 aromatic carbocycles. The molecule has 1 aromatic heterocycles. The summed E-state index contributed by atoms with van der Waals surface area (Å²) in [6.07, 6.45) is 1.93. The van der Waals surface area contributed by atoms with Crippen LogP contribution in [0.2, 0.25) is 5.02 Å². The fraction of sp³-hybridized carbons (Fsp3) is 0.308. The van der Waals surface area contributed by atoms with Gasteiger partial charge in [0.1, 0.15) is 5.01 Å². The summed E-state index contributed by atoms with van der Waals surface area (Å²) < 4.78 is 0. The highest BCUT2D eigenvalue weighted by Gasteiger charge is 2.06. The maximum atomic E-state index is 6.12. The molecule has 2 nitrogen and oxygen atoms in total. The molecule has 1 heterocycles. The molecule has 4 heteroatoms. The van der Waals surface area contributed by atoms with Gasteiger partial charge in [0.25, 0.3) is 0 Å². The van der Waals surface area contributed by atoms with Gasteiger partial charge in [-0.3, -0.25) is 0 Å². The smallest absolute Gasteiger partial charge is 0.123 e. The van der Waals surface area contributed by atoms with E-state index in [0.717, 1.165) is 34.2 Å². The third-order valence-corrected chi connectivity index (χ3v) is 3.98. The summed E-state index contributed by atoms with van der Waals surface area (Å²) in [4.78, 5) is 5.68. The second-order valence-corrected chi connectivity index (χ2v) is 5.40. The van der Waals surface area contributed by atoms with Crippen molar-refractivity contribution in [3.8, 4) is 10.6 Å². The van der Waals surface area contributed by atoms with Crippen molar-refractivity contribution in [3.63, 3.8) is 0 Å². The number of aromatic nitrogens is 1. The molecular weight excluding hydrogens is 252 g/mol. The Bertz CT molecular complexity index is 508. The van der Waals surface area contributed by atoms with Crippen LogP contribution in [0.1, 0.15) is 17.4 Å². The maximum absolute atomic E-state index is 6.12. The fourth-order valence-electron chi connectivity index (χ4n) is 1.50. The van der Waals surface area contributed by atoms with Gasteiger partial charge in [-0.05, 0) is 25.1 Å². The third-order valence-electron chi connectivity index (χ3n) is 2.52. The molecule has 0 bridgehead atoms. The van der Waals surface area contributed by atoms with Crippen LogP contribution in [0.5, 0.6) is 0 Å². The first kappa shape index (κ1) is 12.6.